The minimum atomic E-state index is 0.0150. The maximum atomic E-state index is 11.5. The second-order valence-corrected chi connectivity index (χ2v) is 4.07. The number of nitrogens with one attached hydrogen (secondary N) is 1. The van der Waals surface area contributed by atoms with Crippen molar-refractivity contribution in [2.75, 3.05) is 13.1 Å². The molecule has 80 valence electrons. The van der Waals surface area contributed by atoms with Crippen LogP contribution in [0.3, 0.4) is 0 Å². The summed E-state index contributed by atoms with van der Waals surface area (Å²) in [6, 6.07) is 7.62. The van der Waals surface area contributed by atoms with Gasteiger partial charge in [-0.05, 0) is 24.1 Å². The summed E-state index contributed by atoms with van der Waals surface area (Å²) in [5.74, 6) is 0. The molecule has 4 heteroatoms. The van der Waals surface area contributed by atoms with E-state index in [4.69, 9.17) is 11.6 Å². The zero-order chi connectivity index (χ0) is 10.7. The van der Waals surface area contributed by atoms with Gasteiger partial charge in [0.05, 0.1) is 0 Å². The van der Waals surface area contributed by atoms with Crippen molar-refractivity contribution in [1.82, 2.24) is 10.2 Å². The minimum Gasteiger partial charge on any atom is -0.338 e. The molecule has 1 heterocycles. The number of hydrogen-bond acceptors (Lipinski definition) is 1. The van der Waals surface area contributed by atoms with Crippen LogP contribution in [0, 0.1) is 0 Å². The van der Waals surface area contributed by atoms with Crippen LogP contribution in [-0.4, -0.2) is 24.0 Å². The monoisotopic (exact) mass is 224 g/mol. The summed E-state index contributed by atoms with van der Waals surface area (Å²) >= 11 is 5.88. The Hall–Kier alpha value is -1.22. The molecule has 0 aromatic heterocycles. The van der Waals surface area contributed by atoms with Crippen LogP contribution in [-0.2, 0) is 6.54 Å². The molecule has 1 saturated heterocycles. The lowest BCUT2D eigenvalue weighted by Crippen LogP contribution is -2.45. The van der Waals surface area contributed by atoms with Gasteiger partial charge in [0.1, 0.15) is 0 Å². The van der Waals surface area contributed by atoms with E-state index in [-0.39, 0.29) is 6.03 Å². The Labute approximate surface area is 94.0 Å². The number of halogens is 1. The number of urea groups is 1. The molecule has 1 aromatic rings. The number of rotatable bonds is 2. The fourth-order valence-electron chi connectivity index (χ4n) is 1.69. The molecule has 1 aromatic carbocycles. The number of carbonyl (C=O) groups excluding carboxylic acids is 1. The van der Waals surface area contributed by atoms with Crippen molar-refractivity contribution < 1.29 is 4.79 Å². The molecule has 1 N–H and O–H groups in total. The third-order valence-electron chi connectivity index (χ3n) is 2.43. The maximum Gasteiger partial charge on any atom is 0.317 e. The Morgan fingerprint density at radius 2 is 2.33 bits per heavy atom. The zero-order valence-corrected chi connectivity index (χ0v) is 9.13. The van der Waals surface area contributed by atoms with Gasteiger partial charge in [-0.25, -0.2) is 4.79 Å². The molecule has 2 amide bonds. The van der Waals surface area contributed by atoms with Crippen LogP contribution in [0.1, 0.15) is 12.0 Å². The van der Waals surface area contributed by atoms with Gasteiger partial charge >= 0.3 is 6.03 Å². The third-order valence-corrected chi connectivity index (χ3v) is 2.67. The molecule has 1 aliphatic heterocycles. The summed E-state index contributed by atoms with van der Waals surface area (Å²) in [4.78, 5) is 13.3. The Balaban J connectivity index is 2.04. The lowest BCUT2D eigenvalue weighted by atomic mass is 10.2. The van der Waals surface area contributed by atoms with Gasteiger partial charge in [-0.2, -0.15) is 0 Å². The minimum absolute atomic E-state index is 0.0150. The summed E-state index contributed by atoms with van der Waals surface area (Å²) in [5.41, 5.74) is 1.07. The first-order valence-corrected chi connectivity index (χ1v) is 5.41. The molecule has 1 fully saturated rings. The van der Waals surface area contributed by atoms with Crippen LogP contribution in [0.5, 0.6) is 0 Å². The van der Waals surface area contributed by atoms with Gasteiger partial charge in [0.2, 0.25) is 0 Å². The Bertz CT molecular complexity index is 367. The van der Waals surface area contributed by atoms with Crippen molar-refractivity contribution in [3.05, 3.63) is 34.9 Å². The molecule has 2 rings (SSSR count). The van der Waals surface area contributed by atoms with Crippen LogP contribution in [0.25, 0.3) is 0 Å². The van der Waals surface area contributed by atoms with E-state index in [0.717, 1.165) is 25.1 Å². The first-order chi connectivity index (χ1) is 7.25. The molecule has 0 spiro atoms. The fraction of sp³-hybridized carbons (Fsp3) is 0.364. The second-order valence-electron chi connectivity index (χ2n) is 3.64. The van der Waals surface area contributed by atoms with Crippen molar-refractivity contribution in [2.45, 2.75) is 13.0 Å². The van der Waals surface area contributed by atoms with E-state index in [2.05, 4.69) is 5.32 Å². The average Bonchev–Trinajstić information content (AvgIpc) is 2.22. The van der Waals surface area contributed by atoms with Gasteiger partial charge in [0.15, 0.2) is 0 Å². The lowest BCUT2D eigenvalue weighted by Gasteiger charge is -2.27. The summed E-state index contributed by atoms with van der Waals surface area (Å²) in [6.07, 6.45) is 1.01. The van der Waals surface area contributed by atoms with Crippen molar-refractivity contribution >= 4 is 17.6 Å². The average molecular weight is 225 g/mol. The highest BCUT2D eigenvalue weighted by Gasteiger charge is 2.17. The Morgan fingerprint density at radius 1 is 1.47 bits per heavy atom. The second kappa shape index (κ2) is 4.53. The van der Waals surface area contributed by atoms with Crippen LogP contribution < -0.4 is 5.32 Å². The molecule has 0 radical (unpaired) electrons. The molecule has 0 atom stereocenters. The van der Waals surface area contributed by atoms with E-state index in [0.29, 0.717) is 11.6 Å². The zero-order valence-electron chi connectivity index (χ0n) is 8.37. The van der Waals surface area contributed by atoms with Crippen LogP contribution in [0.15, 0.2) is 24.3 Å². The normalized spacial score (nSPS) is 16.3. The predicted octanol–water partition coefficient (Wildman–Crippen LogP) is 2.26. The van der Waals surface area contributed by atoms with Crippen LogP contribution >= 0.6 is 11.6 Å². The number of benzene rings is 1. The van der Waals surface area contributed by atoms with Crippen molar-refractivity contribution in [3.63, 3.8) is 0 Å². The Kier molecular flexibility index (Phi) is 3.11. The number of amides is 2. The largest absolute Gasteiger partial charge is 0.338 e. The van der Waals surface area contributed by atoms with Gasteiger partial charge in [-0.15, -0.1) is 0 Å². The van der Waals surface area contributed by atoms with E-state index >= 15 is 0 Å². The predicted molar refractivity (Wildman–Crippen MR) is 59.9 cm³/mol. The molecule has 0 unspecified atom stereocenters. The highest BCUT2D eigenvalue weighted by atomic mass is 35.5. The summed E-state index contributed by atoms with van der Waals surface area (Å²) in [5, 5.41) is 3.53. The lowest BCUT2D eigenvalue weighted by molar-refractivity contribution is 0.183. The van der Waals surface area contributed by atoms with Gasteiger partial charge in [-0.1, -0.05) is 23.7 Å². The topological polar surface area (TPSA) is 32.3 Å². The first-order valence-electron chi connectivity index (χ1n) is 5.03. The molecule has 0 saturated carbocycles. The van der Waals surface area contributed by atoms with Gasteiger partial charge in [-0.3, -0.25) is 0 Å². The van der Waals surface area contributed by atoms with Crippen LogP contribution in [0.2, 0.25) is 5.02 Å². The fourth-order valence-corrected chi connectivity index (χ4v) is 1.90. The maximum absolute atomic E-state index is 11.5. The standard InChI is InChI=1S/C11H13ClN2O/c12-10-4-1-3-9(7-10)8-14-6-2-5-13-11(14)15/h1,3-4,7H,2,5-6,8H2,(H,13,15). The molecule has 15 heavy (non-hydrogen) atoms. The van der Waals surface area contributed by atoms with Crippen molar-refractivity contribution in [1.29, 1.82) is 0 Å². The van der Waals surface area contributed by atoms with Crippen molar-refractivity contribution in [2.24, 2.45) is 0 Å². The van der Waals surface area contributed by atoms with E-state index in [9.17, 15) is 4.79 Å². The smallest absolute Gasteiger partial charge is 0.317 e. The Morgan fingerprint density at radius 3 is 3.07 bits per heavy atom. The summed E-state index contributed by atoms with van der Waals surface area (Å²) in [7, 11) is 0. The van der Waals surface area contributed by atoms with Gasteiger partial charge in [0.25, 0.3) is 0 Å². The van der Waals surface area contributed by atoms with E-state index < -0.39 is 0 Å². The third kappa shape index (κ3) is 2.63. The quantitative estimate of drug-likeness (QED) is 0.821. The molecule has 3 nitrogen and oxygen atoms in total. The molecule has 0 aliphatic carbocycles. The van der Waals surface area contributed by atoms with Crippen LogP contribution in [0.4, 0.5) is 4.79 Å². The van der Waals surface area contributed by atoms with Gasteiger partial charge < -0.3 is 10.2 Å². The van der Waals surface area contributed by atoms with Crippen molar-refractivity contribution in [3.8, 4) is 0 Å². The molecule has 1 aliphatic rings. The molecular formula is C11H13ClN2O. The van der Waals surface area contributed by atoms with E-state index in [1.165, 1.54) is 0 Å². The molecular weight excluding hydrogens is 212 g/mol. The first kappa shape index (κ1) is 10.3. The summed E-state index contributed by atoms with van der Waals surface area (Å²) in [6.45, 7) is 2.23. The van der Waals surface area contributed by atoms with Gasteiger partial charge in [0, 0.05) is 24.7 Å². The number of hydrogen-bond donors (Lipinski definition) is 1. The summed E-state index contributed by atoms with van der Waals surface area (Å²) < 4.78 is 0. The highest BCUT2D eigenvalue weighted by molar-refractivity contribution is 6.30. The highest BCUT2D eigenvalue weighted by Crippen LogP contribution is 2.13. The van der Waals surface area contributed by atoms with E-state index in [1.807, 2.05) is 24.3 Å². The number of nitrogens with zero attached hydrogens (tertiary/aromatic N) is 1. The number of carbonyl (C=O) groups is 1. The molecule has 0 bridgehead atoms. The SMILES string of the molecule is O=C1NCCCN1Cc1cccc(Cl)c1. The van der Waals surface area contributed by atoms with E-state index in [1.54, 1.807) is 4.90 Å².